The minimum atomic E-state index is -0.315. The molecule has 0 aromatic rings. The van der Waals surface area contributed by atoms with E-state index in [0.29, 0.717) is 12.5 Å². The highest BCUT2D eigenvalue weighted by Gasteiger charge is 2.39. The van der Waals surface area contributed by atoms with Gasteiger partial charge >= 0.3 is 0 Å². The molecule has 0 saturated carbocycles. The van der Waals surface area contributed by atoms with Gasteiger partial charge in [0, 0.05) is 13.7 Å². The van der Waals surface area contributed by atoms with Crippen LogP contribution < -0.4 is 10.6 Å². The zero-order chi connectivity index (χ0) is 13.6. The molecule has 4 nitrogen and oxygen atoms in total. The van der Waals surface area contributed by atoms with Crippen LogP contribution in [0.15, 0.2) is 12.2 Å². The molecule has 1 fully saturated rings. The first-order valence-electron chi connectivity index (χ1n) is 7.40. The number of hydrogen-bond acceptors (Lipinski definition) is 3. The maximum absolute atomic E-state index is 12.5. The Labute approximate surface area is 116 Å². The van der Waals surface area contributed by atoms with Crippen LogP contribution >= 0.6 is 0 Å². The van der Waals surface area contributed by atoms with Crippen molar-refractivity contribution in [2.24, 2.45) is 11.3 Å². The lowest BCUT2D eigenvalue weighted by Gasteiger charge is -2.36. The summed E-state index contributed by atoms with van der Waals surface area (Å²) < 4.78 is 5.30. The van der Waals surface area contributed by atoms with Crippen molar-refractivity contribution in [3.63, 3.8) is 0 Å². The molecule has 1 unspecified atom stereocenters. The Balaban J connectivity index is 1.86. The molecule has 2 rings (SSSR count). The summed E-state index contributed by atoms with van der Waals surface area (Å²) in [5.41, 5.74) is -0.315. The fraction of sp³-hybridized carbons (Fsp3) is 0.800. The van der Waals surface area contributed by atoms with Crippen molar-refractivity contribution in [3.8, 4) is 0 Å². The van der Waals surface area contributed by atoms with Gasteiger partial charge in [0.05, 0.1) is 12.0 Å². The van der Waals surface area contributed by atoms with Crippen LogP contribution in [0.3, 0.4) is 0 Å². The van der Waals surface area contributed by atoms with Crippen LogP contribution in [-0.4, -0.2) is 39.3 Å². The van der Waals surface area contributed by atoms with Crippen LogP contribution in [0.5, 0.6) is 0 Å². The fourth-order valence-corrected chi connectivity index (χ4v) is 3.08. The third-order valence-electron chi connectivity index (χ3n) is 4.39. The summed E-state index contributed by atoms with van der Waals surface area (Å²) in [6.45, 7) is 3.15. The maximum atomic E-state index is 12.5. The van der Waals surface area contributed by atoms with Gasteiger partial charge < -0.3 is 15.4 Å². The molecule has 4 heteroatoms. The highest BCUT2D eigenvalue weighted by Crippen LogP contribution is 2.29. The van der Waals surface area contributed by atoms with Gasteiger partial charge in [0.2, 0.25) is 5.91 Å². The van der Waals surface area contributed by atoms with E-state index in [1.165, 1.54) is 6.42 Å². The van der Waals surface area contributed by atoms with Crippen molar-refractivity contribution in [2.45, 2.75) is 32.1 Å². The Morgan fingerprint density at radius 3 is 2.84 bits per heavy atom. The number of carbonyl (C=O) groups excluding carboxylic acids is 1. The van der Waals surface area contributed by atoms with Crippen molar-refractivity contribution >= 4 is 5.91 Å². The predicted molar refractivity (Wildman–Crippen MR) is 75.9 cm³/mol. The van der Waals surface area contributed by atoms with Gasteiger partial charge in [-0.05, 0) is 51.1 Å². The zero-order valence-corrected chi connectivity index (χ0v) is 11.9. The molecule has 1 saturated heterocycles. The second kappa shape index (κ2) is 7.06. The summed E-state index contributed by atoms with van der Waals surface area (Å²) >= 11 is 0. The predicted octanol–water partition coefficient (Wildman–Crippen LogP) is 1.48. The molecule has 108 valence electrons. The SMILES string of the molecule is COCC1(C(=O)NCC2CC=CCC2)CCNCC1. The van der Waals surface area contributed by atoms with E-state index < -0.39 is 0 Å². The first-order chi connectivity index (χ1) is 9.27. The number of hydrogen-bond donors (Lipinski definition) is 2. The van der Waals surface area contributed by atoms with E-state index in [1.807, 2.05) is 0 Å². The van der Waals surface area contributed by atoms with E-state index >= 15 is 0 Å². The van der Waals surface area contributed by atoms with Crippen molar-refractivity contribution < 1.29 is 9.53 Å². The van der Waals surface area contributed by atoms with Crippen molar-refractivity contribution in [3.05, 3.63) is 12.2 Å². The fourth-order valence-electron chi connectivity index (χ4n) is 3.08. The summed E-state index contributed by atoms with van der Waals surface area (Å²) in [5.74, 6) is 0.792. The number of allylic oxidation sites excluding steroid dienone is 2. The number of ether oxygens (including phenoxy) is 1. The lowest BCUT2D eigenvalue weighted by atomic mass is 9.78. The largest absolute Gasteiger partial charge is 0.384 e. The van der Waals surface area contributed by atoms with Crippen LogP contribution in [-0.2, 0) is 9.53 Å². The number of piperidine rings is 1. The molecule has 2 N–H and O–H groups in total. The van der Waals surface area contributed by atoms with Crippen LogP contribution in [0.2, 0.25) is 0 Å². The molecule has 19 heavy (non-hydrogen) atoms. The molecule has 1 aliphatic heterocycles. The Morgan fingerprint density at radius 2 is 2.21 bits per heavy atom. The summed E-state index contributed by atoms with van der Waals surface area (Å²) in [6, 6.07) is 0. The third-order valence-corrected chi connectivity index (χ3v) is 4.39. The standard InChI is InChI=1S/C15H26N2O2/c1-19-12-15(7-9-16-10-8-15)14(18)17-11-13-5-3-2-4-6-13/h2-3,13,16H,4-12H2,1H3,(H,17,18). The van der Waals surface area contributed by atoms with Gasteiger partial charge in [-0.2, -0.15) is 0 Å². The summed E-state index contributed by atoms with van der Waals surface area (Å²) in [4.78, 5) is 12.5. The minimum Gasteiger partial charge on any atom is -0.384 e. The lowest BCUT2D eigenvalue weighted by molar-refractivity contribution is -0.136. The Kier molecular flexibility index (Phi) is 5.40. The Hall–Kier alpha value is -0.870. The van der Waals surface area contributed by atoms with Gasteiger partial charge in [-0.3, -0.25) is 4.79 Å². The number of amides is 1. The van der Waals surface area contributed by atoms with Crippen LogP contribution in [0.25, 0.3) is 0 Å². The molecule has 2 aliphatic rings. The number of rotatable bonds is 5. The normalized spacial score (nSPS) is 26.1. The molecule has 0 radical (unpaired) electrons. The second-order valence-electron chi connectivity index (χ2n) is 5.82. The van der Waals surface area contributed by atoms with Gasteiger partial charge in [0.1, 0.15) is 0 Å². The van der Waals surface area contributed by atoms with Gasteiger partial charge in [0.25, 0.3) is 0 Å². The first-order valence-corrected chi connectivity index (χ1v) is 7.40. The maximum Gasteiger partial charge on any atom is 0.228 e. The van der Waals surface area contributed by atoms with Crippen LogP contribution in [0.1, 0.15) is 32.1 Å². The van der Waals surface area contributed by atoms with Crippen molar-refractivity contribution in [1.82, 2.24) is 10.6 Å². The van der Waals surface area contributed by atoms with Crippen molar-refractivity contribution in [1.29, 1.82) is 0 Å². The Morgan fingerprint density at radius 1 is 1.42 bits per heavy atom. The Bertz CT molecular complexity index is 317. The smallest absolute Gasteiger partial charge is 0.228 e. The topological polar surface area (TPSA) is 50.4 Å². The van der Waals surface area contributed by atoms with Crippen LogP contribution in [0, 0.1) is 11.3 Å². The average molecular weight is 266 g/mol. The first kappa shape index (κ1) is 14.5. The van der Waals surface area contributed by atoms with Crippen molar-refractivity contribution in [2.75, 3.05) is 33.4 Å². The van der Waals surface area contributed by atoms with Gasteiger partial charge in [-0.15, -0.1) is 0 Å². The zero-order valence-electron chi connectivity index (χ0n) is 11.9. The van der Waals surface area contributed by atoms with E-state index in [0.717, 1.165) is 45.3 Å². The number of carbonyl (C=O) groups is 1. The lowest BCUT2D eigenvalue weighted by Crippen LogP contribution is -2.50. The average Bonchev–Trinajstić information content (AvgIpc) is 2.47. The monoisotopic (exact) mass is 266 g/mol. The quantitative estimate of drug-likeness (QED) is 0.741. The number of methoxy groups -OCH3 is 1. The van der Waals surface area contributed by atoms with E-state index in [1.54, 1.807) is 7.11 Å². The van der Waals surface area contributed by atoms with Gasteiger partial charge in [-0.1, -0.05) is 12.2 Å². The second-order valence-corrected chi connectivity index (χ2v) is 5.82. The molecule has 1 amide bonds. The number of nitrogens with one attached hydrogen (secondary N) is 2. The highest BCUT2D eigenvalue weighted by molar-refractivity contribution is 5.83. The minimum absolute atomic E-state index is 0.186. The third kappa shape index (κ3) is 3.80. The summed E-state index contributed by atoms with van der Waals surface area (Å²) in [7, 11) is 1.68. The summed E-state index contributed by atoms with van der Waals surface area (Å²) in [5, 5.41) is 6.48. The molecule has 1 heterocycles. The van der Waals surface area contributed by atoms with Gasteiger partial charge in [-0.25, -0.2) is 0 Å². The van der Waals surface area contributed by atoms with E-state index in [4.69, 9.17) is 4.74 Å². The van der Waals surface area contributed by atoms with Crippen LogP contribution in [0.4, 0.5) is 0 Å². The molecular weight excluding hydrogens is 240 g/mol. The van der Waals surface area contributed by atoms with E-state index in [-0.39, 0.29) is 11.3 Å². The molecule has 0 spiro atoms. The highest BCUT2D eigenvalue weighted by atomic mass is 16.5. The molecule has 0 aromatic heterocycles. The van der Waals surface area contributed by atoms with E-state index in [2.05, 4.69) is 22.8 Å². The molecule has 1 aliphatic carbocycles. The summed E-state index contributed by atoms with van der Waals surface area (Å²) in [6.07, 6.45) is 9.64. The van der Waals surface area contributed by atoms with E-state index in [9.17, 15) is 4.79 Å². The molecule has 0 bridgehead atoms. The molecular formula is C15H26N2O2. The molecule has 1 atom stereocenters. The molecule has 0 aromatic carbocycles. The van der Waals surface area contributed by atoms with Gasteiger partial charge in [0.15, 0.2) is 0 Å².